The van der Waals surface area contributed by atoms with E-state index in [4.69, 9.17) is 0 Å². The SMILES string of the molecule is CCCCCCC[CH2][Sn][Br]. The standard InChI is InChI=1S/C8H17.BrH.Sn/c1-3-5-7-8-6-4-2;;/h1,3-8H2,2H3;1H;/q;;+1/p-1. The molecule has 0 aliphatic carbocycles. The van der Waals surface area contributed by atoms with E-state index < -0.39 is 0 Å². The van der Waals surface area contributed by atoms with Crippen molar-refractivity contribution in [3.8, 4) is 0 Å². The van der Waals surface area contributed by atoms with Gasteiger partial charge >= 0.3 is 81.5 Å². The summed E-state index contributed by atoms with van der Waals surface area (Å²) in [6.45, 7) is 2.27. The number of hydrogen-bond donors (Lipinski definition) is 0. The summed E-state index contributed by atoms with van der Waals surface area (Å²) in [5, 5.41) is 0. The molecule has 0 spiro atoms. The number of hydrogen-bond acceptors (Lipinski definition) is 0. The molecular formula is C8H17BrSn. The first kappa shape index (κ1) is 11.3. The zero-order chi connectivity index (χ0) is 7.66. The molecule has 0 bridgehead atoms. The van der Waals surface area contributed by atoms with Crippen molar-refractivity contribution in [1.29, 1.82) is 0 Å². The molecule has 2 radical (unpaired) electrons. The summed E-state index contributed by atoms with van der Waals surface area (Å²) in [4.78, 5) is 0. The van der Waals surface area contributed by atoms with Crippen molar-refractivity contribution >= 4 is 31.6 Å². The van der Waals surface area contributed by atoms with Crippen LogP contribution in [0.4, 0.5) is 0 Å². The van der Waals surface area contributed by atoms with Gasteiger partial charge < -0.3 is 0 Å². The van der Waals surface area contributed by atoms with Gasteiger partial charge in [-0.2, -0.15) is 0 Å². The second-order valence-electron chi connectivity index (χ2n) is 2.65. The van der Waals surface area contributed by atoms with Gasteiger partial charge in [-0.3, -0.25) is 0 Å². The average molecular weight is 312 g/mol. The van der Waals surface area contributed by atoms with Gasteiger partial charge in [-0.15, -0.1) is 0 Å². The predicted octanol–water partition coefficient (Wildman–Crippen LogP) is 3.78. The van der Waals surface area contributed by atoms with Gasteiger partial charge in [-0.1, -0.05) is 0 Å². The summed E-state index contributed by atoms with van der Waals surface area (Å²) in [7, 11) is 0. The van der Waals surface area contributed by atoms with Crippen LogP contribution in [0.15, 0.2) is 0 Å². The van der Waals surface area contributed by atoms with Crippen LogP contribution in [-0.2, 0) is 0 Å². The second kappa shape index (κ2) is 10.3. The molecule has 0 saturated heterocycles. The molecule has 0 atom stereocenters. The first-order valence-electron chi connectivity index (χ1n) is 4.25. The van der Waals surface area contributed by atoms with Gasteiger partial charge in [0.25, 0.3) is 0 Å². The van der Waals surface area contributed by atoms with E-state index in [1.807, 2.05) is 0 Å². The Morgan fingerprint density at radius 2 is 1.60 bits per heavy atom. The Hall–Kier alpha value is 1.28. The molecule has 0 aliphatic rings. The summed E-state index contributed by atoms with van der Waals surface area (Å²) < 4.78 is 1.52. The fourth-order valence-electron chi connectivity index (χ4n) is 0.972. The Bertz CT molecular complexity index is 49.2. The van der Waals surface area contributed by atoms with Crippen molar-refractivity contribution in [2.24, 2.45) is 0 Å². The van der Waals surface area contributed by atoms with Crippen molar-refractivity contribution in [2.45, 2.75) is 49.9 Å². The fraction of sp³-hybridized carbons (Fsp3) is 1.00. The molecule has 0 nitrogen and oxygen atoms in total. The van der Waals surface area contributed by atoms with Crippen molar-refractivity contribution < 1.29 is 0 Å². The first-order chi connectivity index (χ1) is 4.91. The average Bonchev–Trinajstić information content (AvgIpc) is 1.97. The van der Waals surface area contributed by atoms with E-state index in [2.05, 4.69) is 19.6 Å². The molecule has 60 valence electrons. The van der Waals surface area contributed by atoms with E-state index in [0.717, 1.165) is 0 Å². The third-order valence-electron chi connectivity index (χ3n) is 1.62. The van der Waals surface area contributed by atoms with E-state index in [-0.39, 0.29) is 18.9 Å². The van der Waals surface area contributed by atoms with Crippen LogP contribution in [0.2, 0.25) is 4.44 Å². The molecule has 2 heteroatoms. The van der Waals surface area contributed by atoms with Crippen LogP contribution in [0.25, 0.3) is 0 Å². The molecule has 0 fully saturated rings. The van der Waals surface area contributed by atoms with Crippen molar-refractivity contribution in [3.05, 3.63) is 0 Å². The molecule has 0 aromatic heterocycles. The summed E-state index contributed by atoms with van der Waals surface area (Å²) in [5.41, 5.74) is 0. The summed E-state index contributed by atoms with van der Waals surface area (Å²) in [6.07, 6.45) is 8.71. The van der Waals surface area contributed by atoms with Crippen LogP contribution in [0.5, 0.6) is 0 Å². The summed E-state index contributed by atoms with van der Waals surface area (Å²) in [5.74, 6) is 0. The summed E-state index contributed by atoms with van der Waals surface area (Å²) in [6, 6.07) is 0. The Morgan fingerprint density at radius 3 is 2.20 bits per heavy atom. The van der Waals surface area contributed by atoms with E-state index in [1.165, 1.54) is 43.0 Å². The Morgan fingerprint density at radius 1 is 1.00 bits per heavy atom. The topological polar surface area (TPSA) is 0 Å². The van der Waals surface area contributed by atoms with Gasteiger partial charge in [0.1, 0.15) is 0 Å². The monoisotopic (exact) mass is 312 g/mol. The van der Waals surface area contributed by atoms with Gasteiger partial charge in [0.05, 0.1) is 0 Å². The molecule has 0 aromatic carbocycles. The minimum atomic E-state index is -0.0357. The third-order valence-corrected chi connectivity index (χ3v) is 5.83. The minimum absolute atomic E-state index is 0.0357. The molecule has 0 unspecified atom stereocenters. The maximum atomic E-state index is 3.60. The van der Waals surface area contributed by atoms with E-state index in [0.29, 0.717) is 0 Å². The predicted molar refractivity (Wildman–Crippen MR) is 52.9 cm³/mol. The molecular weight excluding hydrogens is 295 g/mol. The van der Waals surface area contributed by atoms with Crippen molar-refractivity contribution in [1.82, 2.24) is 0 Å². The fourth-order valence-corrected chi connectivity index (χ4v) is 3.95. The third kappa shape index (κ3) is 9.28. The quantitative estimate of drug-likeness (QED) is 0.496. The van der Waals surface area contributed by atoms with Gasteiger partial charge in [0.15, 0.2) is 0 Å². The normalized spacial score (nSPS) is 10.2. The van der Waals surface area contributed by atoms with Gasteiger partial charge in [-0.05, 0) is 0 Å². The summed E-state index contributed by atoms with van der Waals surface area (Å²) >= 11 is 3.57. The van der Waals surface area contributed by atoms with E-state index in [9.17, 15) is 0 Å². The Labute approximate surface area is 81.1 Å². The van der Waals surface area contributed by atoms with Crippen LogP contribution in [0.3, 0.4) is 0 Å². The second-order valence-corrected chi connectivity index (χ2v) is 8.60. The molecule has 0 N–H and O–H groups in total. The maximum absolute atomic E-state index is 3.60. The Balaban J connectivity index is 2.65. The van der Waals surface area contributed by atoms with Gasteiger partial charge in [0, 0.05) is 0 Å². The zero-order valence-electron chi connectivity index (χ0n) is 6.83. The van der Waals surface area contributed by atoms with Gasteiger partial charge in [-0.25, -0.2) is 0 Å². The van der Waals surface area contributed by atoms with Crippen LogP contribution in [-0.4, -0.2) is 18.9 Å². The molecule has 0 saturated carbocycles. The van der Waals surface area contributed by atoms with Crippen molar-refractivity contribution in [2.75, 3.05) is 0 Å². The van der Waals surface area contributed by atoms with E-state index >= 15 is 0 Å². The van der Waals surface area contributed by atoms with Crippen LogP contribution in [0, 0.1) is 0 Å². The van der Waals surface area contributed by atoms with Crippen molar-refractivity contribution in [3.63, 3.8) is 0 Å². The Kier molecular flexibility index (Phi) is 11.6. The number of halogens is 1. The molecule has 0 rings (SSSR count). The first-order valence-corrected chi connectivity index (χ1v) is 12.7. The van der Waals surface area contributed by atoms with Crippen LogP contribution < -0.4 is 0 Å². The number of unbranched alkanes of at least 4 members (excludes halogenated alkanes) is 5. The van der Waals surface area contributed by atoms with Gasteiger partial charge in [0.2, 0.25) is 0 Å². The van der Waals surface area contributed by atoms with Crippen LogP contribution >= 0.6 is 12.7 Å². The molecule has 0 aliphatic heterocycles. The van der Waals surface area contributed by atoms with E-state index in [1.54, 1.807) is 0 Å². The zero-order valence-corrected chi connectivity index (χ0v) is 11.3. The molecule has 0 heterocycles. The molecule has 10 heavy (non-hydrogen) atoms. The molecule has 0 amide bonds. The molecule has 0 aromatic rings. The van der Waals surface area contributed by atoms with Crippen LogP contribution in [0.1, 0.15) is 45.4 Å². The number of rotatable bonds is 7.